The molecule has 2 N–H and O–H groups in total. The average Bonchev–Trinajstić information content (AvgIpc) is 2.82. The van der Waals surface area contributed by atoms with Gasteiger partial charge in [0.1, 0.15) is 11.8 Å². The summed E-state index contributed by atoms with van der Waals surface area (Å²) in [6.07, 6.45) is 1.87. The van der Waals surface area contributed by atoms with Gasteiger partial charge in [-0.2, -0.15) is 5.10 Å². The molecular weight excluding hydrogens is 462 g/mol. The van der Waals surface area contributed by atoms with Crippen LogP contribution in [0.1, 0.15) is 25.8 Å². The monoisotopic (exact) mass is 491 g/mol. The molecule has 0 bridgehead atoms. The van der Waals surface area contributed by atoms with E-state index >= 15 is 0 Å². The number of nitrogens with zero attached hydrogens (tertiary/aromatic N) is 1. The average molecular weight is 492 g/mol. The van der Waals surface area contributed by atoms with Crippen molar-refractivity contribution in [3.8, 4) is 23.0 Å². The smallest absolute Gasteiger partial charge is 0.262 e. The summed E-state index contributed by atoms with van der Waals surface area (Å²) >= 11 is 5.84. The molecule has 0 spiro atoms. The second kappa shape index (κ2) is 13.3. The number of nitrogens with one attached hydrogen (secondary N) is 2. The molecule has 34 heavy (non-hydrogen) atoms. The number of benzene rings is 2. The van der Waals surface area contributed by atoms with E-state index in [4.69, 9.17) is 30.5 Å². The molecule has 0 saturated carbocycles. The summed E-state index contributed by atoms with van der Waals surface area (Å²) in [6.45, 7) is 3.67. The molecule has 2 aromatic rings. The number of amides is 2. The number of rotatable bonds is 12. The van der Waals surface area contributed by atoms with Crippen molar-refractivity contribution < 1.29 is 28.5 Å². The fourth-order valence-electron chi connectivity index (χ4n) is 3.04. The van der Waals surface area contributed by atoms with Crippen molar-refractivity contribution >= 4 is 29.6 Å². The summed E-state index contributed by atoms with van der Waals surface area (Å²) in [6, 6.07) is 9.25. The highest BCUT2D eigenvalue weighted by atomic mass is 35.5. The van der Waals surface area contributed by atoms with E-state index in [0.717, 1.165) is 0 Å². The van der Waals surface area contributed by atoms with Gasteiger partial charge in [0.2, 0.25) is 5.75 Å². The quantitative estimate of drug-likeness (QED) is 0.348. The SMILES string of the molecule is COc1cc(/C=N\NC(=O)[C@@H](CC(C)C)NC(=O)COc2ccc(Cl)cc2)cc(OC)c1OC. The van der Waals surface area contributed by atoms with E-state index in [1.165, 1.54) is 27.5 Å². The third kappa shape index (κ3) is 8.15. The van der Waals surface area contributed by atoms with Gasteiger partial charge < -0.3 is 24.3 Å². The van der Waals surface area contributed by atoms with Crippen LogP contribution >= 0.6 is 11.6 Å². The Morgan fingerprint density at radius 3 is 2.18 bits per heavy atom. The van der Waals surface area contributed by atoms with Crippen molar-refractivity contribution in [3.63, 3.8) is 0 Å². The molecule has 0 saturated heterocycles. The predicted octanol–water partition coefficient (Wildman–Crippen LogP) is 3.43. The predicted molar refractivity (Wildman–Crippen MR) is 130 cm³/mol. The van der Waals surface area contributed by atoms with E-state index in [1.807, 2.05) is 13.8 Å². The summed E-state index contributed by atoms with van der Waals surface area (Å²) in [5.74, 6) is 1.15. The van der Waals surface area contributed by atoms with Gasteiger partial charge >= 0.3 is 0 Å². The first-order valence-corrected chi connectivity index (χ1v) is 11.0. The van der Waals surface area contributed by atoms with Crippen molar-refractivity contribution in [2.45, 2.75) is 26.3 Å². The van der Waals surface area contributed by atoms with Gasteiger partial charge in [0.15, 0.2) is 18.1 Å². The summed E-state index contributed by atoms with van der Waals surface area (Å²) in [5, 5.41) is 7.28. The third-order valence-corrected chi connectivity index (χ3v) is 4.87. The van der Waals surface area contributed by atoms with Crippen LogP contribution in [0, 0.1) is 5.92 Å². The molecule has 2 rings (SSSR count). The van der Waals surface area contributed by atoms with Gasteiger partial charge in [-0.25, -0.2) is 5.43 Å². The first-order valence-electron chi connectivity index (χ1n) is 10.6. The maximum atomic E-state index is 12.7. The lowest BCUT2D eigenvalue weighted by atomic mass is 10.0. The van der Waals surface area contributed by atoms with Crippen molar-refractivity contribution in [1.29, 1.82) is 0 Å². The van der Waals surface area contributed by atoms with E-state index in [0.29, 0.717) is 40.0 Å². The highest BCUT2D eigenvalue weighted by molar-refractivity contribution is 6.30. The first-order chi connectivity index (χ1) is 16.3. The molecule has 0 aliphatic carbocycles. The Labute approximate surface area is 204 Å². The van der Waals surface area contributed by atoms with Crippen LogP contribution in [-0.4, -0.2) is 52.0 Å². The molecule has 2 amide bonds. The molecule has 9 nitrogen and oxygen atoms in total. The maximum Gasteiger partial charge on any atom is 0.262 e. The van der Waals surface area contributed by atoms with Gasteiger partial charge in [-0.3, -0.25) is 9.59 Å². The van der Waals surface area contributed by atoms with E-state index in [1.54, 1.807) is 36.4 Å². The Morgan fingerprint density at radius 2 is 1.65 bits per heavy atom. The van der Waals surface area contributed by atoms with Crippen LogP contribution in [0.5, 0.6) is 23.0 Å². The molecule has 0 heterocycles. The zero-order valence-corrected chi connectivity index (χ0v) is 20.6. The number of hydrazone groups is 1. The lowest BCUT2D eigenvalue weighted by Gasteiger charge is -2.19. The van der Waals surface area contributed by atoms with Gasteiger partial charge in [0.05, 0.1) is 27.5 Å². The van der Waals surface area contributed by atoms with Crippen LogP contribution < -0.4 is 29.7 Å². The van der Waals surface area contributed by atoms with E-state index in [-0.39, 0.29) is 12.5 Å². The van der Waals surface area contributed by atoms with Crippen molar-refractivity contribution in [2.24, 2.45) is 11.0 Å². The summed E-state index contributed by atoms with van der Waals surface area (Å²) in [7, 11) is 4.53. The Kier molecular flexibility index (Phi) is 10.5. The molecule has 0 aliphatic rings. The normalized spacial score (nSPS) is 11.7. The van der Waals surface area contributed by atoms with Crippen LogP contribution in [0.3, 0.4) is 0 Å². The lowest BCUT2D eigenvalue weighted by molar-refractivity contribution is -0.130. The second-order valence-electron chi connectivity index (χ2n) is 7.69. The van der Waals surface area contributed by atoms with Gasteiger partial charge in [-0.1, -0.05) is 25.4 Å². The Hall–Kier alpha value is -3.46. The number of carbonyl (C=O) groups is 2. The van der Waals surface area contributed by atoms with Gasteiger partial charge in [0, 0.05) is 10.6 Å². The standard InChI is InChI=1S/C24H30ClN3O6/c1-15(2)10-19(27-22(29)14-34-18-8-6-17(25)7-9-18)24(30)28-26-13-16-11-20(31-3)23(33-5)21(12-16)32-4/h6-9,11-13,15,19H,10,14H2,1-5H3,(H,27,29)(H,28,30)/b26-13-/t19-/m1/s1. The fourth-order valence-corrected chi connectivity index (χ4v) is 3.17. The minimum absolute atomic E-state index is 0.160. The summed E-state index contributed by atoms with van der Waals surface area (Å²) < 4.78 is 21.4. The molecule has 2 aromatic carbocycles. The Morgan fingerprint density at radius 1 is 1.03 bits per heavy atom. The number of ether oxygens (including phenoxy) is 4. The van der Waals surface area contributed by atoms with E-state index < -0.39 is 17.9 Å². The van der Waals surface area contributed by atoms with Crippen molar-refractivity contribution in [1.82, 2.24) is 10.7 Å². The minimum Gasteiger partial charge on any atom is -0.493 e. The molecule has 0 radical (unpaired) electrons. The second-order valence-corrected chi connectivity index (χ2v) is 8.12. The van der Waals surface area contributed by atoms with Crippen LogP contribution in [0.15, 0.2) is 41.5 Å². The number of methoxy groups -OCH3 is 3. The Bertz CT molecular complexity index is 970. The largest absolute Gasteiger partial charge is 0.493 e. The van der Waals surface area contributed by atoms with Crippen LogP contribution in [0.2, 0.25) is 5.02 Å². The number of halogens is 1. The highest BCUT2D eigenvalue weighted by Crippen LogP contribution is 2.37. The van der Waals surface area contributed by atoms with Gasteiger partial charge in [0.25, 0.3) is 11.8 Å². The molecule has 0 fully saturated rings. The molecular formula is C24H30ClN3O6. The molecule has 0 aromatic heterocycles. The molecule has 1 atom stereocenters. The van der Waals surface area contributed by atoms with E-state index in [2.05, 4.69) is 15.8 Å². The zero-order chi connectivity index (χ0) is 25.1. The maximum absolute atomic E-state index is 12.7. The van der Waals surface area contributed by atoms with Crippen molar-refractivity contribution in [2.75, 3.05) is 27.9 Å². The summed E-state index contributed by atoms with van der Waals surface area (Å²) in [5.41, 5.74) is 3.09. The first kappa shape index (κ1) is 26.8. The topological polar surface area (TPSA) is 107 Å². The molecule has 0 aliphatic heterocycles. The molecule has 0 unspecified atom stereocenters. The van der Waals surface area contributed by atoms with Crippen LogP contribution in [-0.2, 0) is 9.59 Å². The Balaban J connectivity index is 2.01. The van der Waals surface area contributed by atoms with Crippen molar-refractivity contribution in [3.05, 3.63) is 47.0 Å². The van der Waals surface area contributed by atoms with Gasteiger partial charge in [-0.15, -0.1) is 0 Å². The van der Waals surface area contributed by atoms with Gasteiger partial charge in [-0.05, 0) is 48.7 Å². The van der Waals surface area contributed by atoms with Crippen LogP contribution in [0.4, 0.5) is 0 Å². The molecule has 10 heteroatoms. The molecule has 184 valence electrons. The number of carbonyl (C=O) groups excluding carboxylic acids is 2. The van der Waals surface area contributed by atoms with E-state index in [9.17, 15) is 9.59 Å². The number of hydrogen-bond donors (Lipinski definition) is 2. The number of hydrogen-bond acceptors (Lipinski definition) is 7. The third-order valence-electron chi connectivity index (χ3n) is 4.62. The minimum atomic E-state index is -0.779. The van der Waals surface area contributed by atoms with Crippen LogP contribution in [0.25, 0.3) is 0 Å². The zero-order valence-electron chi connectivity index (χ0n) is 19.9. The fraction of sp³-hybridized carbons (Fsp3) is 0.375. The summed E-state index contributed by atoms with van der Waals surface area (Å²) in [4.78, 5) is 25.1. The highest BCUT2D eigenvalue weighted by Gasteiger charge is 2.22. The lowest BCUT2D eigenvalue weighted by Crippen LogP contribution is -2.47.